The van der Waals surface area contributed by atoms with Gasteiger partial charge in [-0.05, 0) is 18.9 Å². The van der Waals surface area contributed by atoms with E-state index in [1.807, 2.05) is 5.43 Å². The molecule has 1 aromatic heterocycles. The average molecular weight is 292 g/mol. The van der Waals surface area contributed by atoms with Crippen molar-refractivity contribution in [2.24, 2.45) is 5.84 Å². The highest BCUT2D eigenvalue weighted by Gasteiger charge is 2.52. The van der Waals surface area contributed by atoms with E-state index < -0.39 is 17.5 Å². The number of hydrazine groups is 1. The second kappa shape index (κ2) is 4.88. The molecule has 1 aliphatic carbocycles. The summed E-state index contributed by atoms with van der Waals surface area (Å²) >= 11 is 0. The number of amides is 4. The van der Waals surface area contributed by atoms with Gasteiger partial charge in [0.25, 0.3) is 5.91 Å². The van der Waals surface area contributed by atoms with E-state index in [0.717, 1.165) is 17.7 Å². The van der Waals surface area contributed by atoms with Crippen LogP contribution >= 0.6 is 0 Å². The lowest BCUT2D eigenvalue weighted by Crippen LogP contribution is -2.44. The fourth-order valence-electron chi connectivity index (χ4n) is 3.03. The summed E-state index contributed by atoms with van der Waals surface area (Å²) in [6.45, 7) is -0.00826. The molecule has 0 unspecified atom stereocenters. The normalized spacial score (nSPS) is 20.1. The van der Waals surface area contributed by atoms with E-state index in [4.69, 9.17) is 10.3 Å². The second-order valence-corrected chi connectivity index (χ2v) is 5.36. The Balaban J connectivity index is 1.82. The Morgan fingerprint density at radius 1 is 1.43 bits per heavy atom. The van der Waals surface area contributed by atoms with Crippen molar-refractivity contribution in [2.45, 2.75) is 37.8 Å². The highest BCUT2D eigenvalue weighted by Crippen LogP contribution is 2.35. The van der Waals surface area contributed by atoms with Crippen LogP contribution in [-0.4, -0.2) is 28.3 Å². The van der Waals surface area contributed by atoms with E-state index >= 15 is 0 Å². The average Bonchev–Trinajstić information content (AvgIpc) is 3.16. The number of nitrogens with zero attached hydrogens (tertiary/aromatic N) is 1. The Bertz CT molecular complexity index is 603. The molecule has 8 nitrogen and oxygen atoms in total. The van der Waals surface area contributed by atoms with Gasteiger partial charge >= 0.3 is 11.9 Å². The molecule has 1 spiro atoms. The van der Waals surface area contributed by atoms with Crippen molar-refractivity contribution >= 4 is 17.8 Å². The number of hydrogen-bond donors (Lipinski definition) is 3. The van der Waals surface area contributed by atoms with Gasteiger partial charge in [-0.1, -0.05) is 12.8 Å². The molecule has 21 heavy (non-hydrogen) atoms. The number of carbonyl (C=O) groups excluding carboxylic acids is 3. The SMILES string of the molecule is NNC(=O)c1occc1CN1C(=O)NC2(CCCC2)C1=O. The largest absolute Gasteiger partial charge is 0.459 e. The van der Waals surface area contributed by atoms with Gasteiger partial charge in [-0.25, -0.2) is 10.6 Å². The zero-order valence-electron chi connectivity index (χ0n) is 11.3. The summed E-state index contributed by atoms with van der Waals surface area (Å²) in [6, 6.07) is 1.12. The van der Waals surface area contributed by atoms with Crippen molar-refractivity contribution < 1.29 is 18.8 Å². The number of urea groups is 1. The number of hydrogen-bond acceptors (Lipinski definition) is 5. The lowest BCUT2D eigenvalue weighted by molar-refractivity contribution is -0.131. The zero-order chi connectivity index (χ0) is 15.0. The molecule has 0 aromatic carbocycles. The van der Waals surface area contributed by atoms with Crippen molar-refractivity contribution in [3.63, 3.8) is 0 Å². The van der Waals surface area contributed by atoms with E-state index in [1.54, 1.807) is 6.07 Å². The van der Waals surface area contributed by atoms with Crippen LogP contribution in [0, 0.1) is 0 Å². The molecule has 2 fully saturated rings. The maximum Gasteiger partial charge on any atom is 0.325 e. The highest BCUT2D eigenvalue weighted by molar-refractivity contribution is 6.07. The second-order valence-electron chi connectivity index (χ2n) is 5.36. The fraction of sp³-hybridized carbons (Fsp3) is 0.462. The Kier molecular flexibility index (Phi) is 3.17. The van der Waals surface area contributed by atoms with Gasteiger partial charge in [0.2, 0.25) is 0 Å². The first-order chi connectivity index (χ1) is 10.1. The molecule has 3 rings (SSSR count). The Morgan fingerprint density at radius 3 is 2.81 bits per heavy atom. The van der Waals surface area contributed by atoms with Gasteiger partial charge in [0.05, 0.1) is 12.8 Å². The first-order valence-electron chi connectivity index (χ1n) is 6.79. The van der Waals surface area contributed by atoms with Crippen molar-refractivity contribution in [1.82, 2.24) is 15.6 Å². The number of nitrogens with one attached hydrogen (secondary N) is 2. The number of imide groups is 1. The quantitative estimate of drug-likeness (QED) is 0.319. The fourth-order valence-corrected chi connectivity index (χ4v) is 3.03. The first-order valence-corrected chi connectivity index (χ1v) is 6.79. The van der Waals surface area contributed by atoms with Crippen LogP contribution in [0.2, 0.25) is 0 Å². The molecule has 0 bridgehead atoms. The number of nitrogen functional groups attached to an aromatic ring is 1. The molecular formula is C13H16N4O4. The number of furan rings is 1. The van der Waals surface area contributed by atoms with E-state index in [1.165, 1.54) is 6.26 Å². The molecule has 1 aliphatic heterocycles. The van der Waals surface area contributed by atoms with E-state index in [9.17, 15) is 14.4 Å². The summed E-state index contributed by atoms with van der Waals surface area (Å²) in [5.74, 6) is 4.24. The van der Waals surface area contributed by atoms with E-state index in [-0.39, 0.29) is 18.2 Å². The van der Waals surface area contributed by atoms with Gasteiger partial charge in [-0.3, -0.25) is 19.9 Å². The lowest BCUT2D eigenvalue weighted by Gasteiger charge is -2.19. The van der Waals surface area contributed by atoms with E-state index in [2.05, 4.69) is 5.32 Å². The minimum atomic E-state index is -0.753. The van der Waals surface area contributed by atoms with Gasteiger partial charge in [-0.15, -0.1) is 0 Å². The van der Waals surface area contributed by atoms with Crippen LogP contribution in [0.1, 0.15) is 41.8 Å². The van der Waals surface area contributed by atoms with Gasteiger partial charge in [0, 0.05) is 5.56 Å². The van der Waals surface area contributed by atoms with Crippen LogP contribution in [-0.2, 0) is 11.3 Å². The lowest BCUT2D eigenvalue weighted by atomic mass is 9.98. The van der Waals surface area contributed by atoms with Gasteiger partial charge in [0.15, 0.2) is 5.76 Å². The van der Waals surface area contributed by atoms with Gasteiger partial charge < -0.3 is 9.73 Å². The molecule has 0 radical (unpaired) electrons. The number of nitrogens with two attached hydrogens (primary N) is 1. The van der Waals surface area contributed by atoms with Crippen LogP contribution in [0.5, 0.6) is 0 Å². The minimum absolute atomic E-state index is 0.00507. The molecule has 112 valence electrons. The highest BCUT2D eigenvalue weighted by atomic mass is 16.3. The minimum Gasteiger partial charge on any atom is -0.459 e. The Morgan fingerprint density at radius 2 is 2.14 bits per heavy atom. The van der Waals surface area contributed by atoms with Crippen LogP contribution in [0.25, 0.3) is 0 Å². The van der Waals surface area contributed by atoms with Crippen LogP contribution in [0.15, 0.2) is 16.7 Å². The molecule has 1 saturated heterocycles. The topological polar surface area (TPSA) is 118 Å². The predicted octanol–water partition coefficient (Wildman–Crippen LogP) is 0.248. The third-order valence-electron chi connectivity index (χ3n) is 4.12. The summed E-state index contributed by atoms with van der Waals surface area (Å²) in [5, 5.41) is 2.79. The van der Waals surface area contributed by atoms with E-state index in [0.29, 0.717) is 18.4 Å². The smallest absolute Gasteiger partial charge is 0.325 e. The molecule has 8 heteroatoms. The molecular weight excluding hydrogens is 276 g/mol. The van der Waals surface area contributed by atoms with Crippen LogP contribution in [0.3, 0.4) is 0 Å². The molecule has 0 atom stereocenters. The molecule has 1 saturated carbocycles. The number of carbonyl (C=O) groups is 3. The summed E-state index contributed by atoms with van der Waals surface area (Å²) < 4.78 is 5.05. The molecule has 2 heterocycles. The zero-order valence-corrected chi connectivity index (χ0v) is 11.3. The summed E-state index contributed by atoms with van der Waals surface area (Å²) in [7, 11) is 0. The van der Waals surface area contributed by atoms with Gasteiger partial charge in [-0.2, -0.15) is 0 Å². The monoisotopic (exact) mass is 292 g/mol. The van der Waals surface area contributed by atoms with Crippen molar-refractivity contribution in [3.8, 4) is 0 Å². The third-order valence-corrected chi connectivity index (χ3v) is 4.12. The van der Waals surface area contributed by atoms with Crippen LogP contribution < -0.4 is 16.6 Å². The van der Waals surface area contributed by atoms with Crippen molar-refractivity contribution in [3.05, 3.63) is 23.7 Å². The third kappa shape index (κ3) is 2.07. The van der Waals surface area contributed by atoms with Gasteiger partial charge in [0.1, 0.15) is 5.54 Å². The van der Waals surface area contributed by atoms with Crippen molar-refractivity contribution in [1.29, 1.82) is 0 Å². The standard InChI is InChI=1S/C13H16N4O4/c14-16-10(18)9-8(3-6-21-9)7-17-11(19)13(15-12(17)20)4-1-2-5-13/h3,6H,1-2,4-5,7,14H2,(H,15,20)(H,16,18). The first kappa shape index (κ1) is 13.6. The summed E-state index contributed by atoms with van der Waals surface area (Å²) in [6.07, 6.45) is 4.49. The maximum atomic E-state index is 12.5. The Labute approximate surface area is 120 Å². The molecule has 1 aromatic rings. The molecule has 4 amide bonds. The van der Waals surface area contributed by atoms with Crippen molar-refractivity contribution in [2.75, 3.05) is 0 Å². The predicted molar refractivity (Wildman–Crippen MR) is 70.6 cm³/mol. The molecule has 2 aliphatic rings. The van der Waals surface area contributed by atoms with Crippen LogP contribution in [0.4, 0.5) is 4.79 Å². The summed E-state index contributed by atoms with van der Waals surface area (Å²) in [5.41, 5.74) is 1.66. The maximum absolute atomic E-state index is 12.5. The Hall–Kier alpha value is -2.35. The summed E-state index contributed by atoms with van der Waals surface area (Å²) in [4.78, 5) is 37.2. The molecule has 4 N–H and O–H groups in total. The number of rotatable bonds is 3.